The monoisotopic (exact) mass is 434 g/mol. The summed E-state index contributed by atoms with van der Waals surface area (Å²) in [5.74, 6) is -0.265. The third-order valence-corrected chi connectivity index (χ3v) is 5.90. The van der Waals surface area contributed by atoms with Crippen LogP contribution in [0.5, 0.6) is 0 Å². The Kier molecular flexibility index (Phi) is 6.58. The summed E-state index contributed by atoms with van der Waals surface area (Å²) in [5.41, 5.74) is 3.05. The highest BCUT2D eigenvalue weighted by molar-refractivity contribution is 7.92. The second-order valence-electron chi connectivity index (χ2n) is 7.04. The molecule has 0 aliphatic carbocycles. The molecule has 1 atom stereocenters. The largest absolute Gasteiger partial charge is 0.374 e. The number of carbonyl (C=O) groups is 1. The number of amides is 1. The quantitative estimate of drug-likeness (QED) is 0.518. The number of hydrogen-bond acceptors (Lipinski definition) is 5. The van der Waals surface area contributed by atoms with E-state index in [-0.39, 0.29) is 10.8 Å². The van der Waals surface area contributed by atoms with Crippen LogP contribution in [0.4, 0.5) is 17.1 Å². The van der Waals surface area contributed by atoms with Crippen molar-refractivity contribution in [2.45, 2.75) is 24.8 Å². The third kappa shape index (κ3) is 5.84. The van der Waals surface area contributed by atoms with E-state index in [1.807, 2.05) is 13.0 Å². The molecule has 0 aromatic heterocycles. The van der Waals surface area contributed by atoms with E-state index in [4.69, 9.17) is 5.26 Å². The fourth-order valence-electron chi connectivity index (χ4n) is 2.80. The van der Waals surface area contributed by atoms with Gasteiger partial charge in [0.2, 0.25) is 5.91 Å². The van der Waals surface area contributed by atoms with Crippen molar-refractivity contribution in [2.75, 3.05) is 15.4 Å². The van der Waals surface area contributed by atoms with E-state index in [1.165, 1.54) is 0 Å². The van der Waals surface area contributed by atoms with Gasteiger partial charge in [0.05, 0.1) is 16.5 Å². The van der Waals surface area contributed by atoms with Crippen LogP contribution in [0.15, 0.2) is 77.7 Å². The number of aryl methyl sites for hydroxylation is 1. The van der Waals surface area contributed by atoms with Gasteiger partial charge in [-0.05, 0) is 68.4 Å². The first kappa shape index (κ1) is 21.9. The first-order valence-corrected chi connectivity index (χ1v) is 11.0. The van der Waals surface area contributed by atoms with Crippen molar-refractivity contribution in [3.63, 3.8) is 0 Å². The second kappa shape index (κ2) is 9.32. The van der Waals surface area contributed by atoms with E-state index < -0.39 is 16.1 Å². The van der Waals surface area contributed by atoms with Gasteiger partial charge in [-0.3, -0.25) is 9.52 Å². The van der Waals surface area contributed by atoms with E-state index >= 15 is 0 Å². The SMILES string of the molecule is Cc1ccc(S(=O)(=O)Nc2ccc(N[C@H](C)C(=O)Nc3cccc(C#N)c3)cc2)cc1. The normalized spacial score (nSPS) is 11.8. The Labute approximate surface area is 181 Å². The highest BCUT2D eigenvalue weighted by Gasteiger charge is 2.15. The summed E-state index contributed by atoms with van der Waals surface area (Å²) in [4.78, 5) is 12.6. The van der Waals surface area contributed by atoms with Crippen molar-refractivity contribution < 1.29 is 13.2 Å². The van der Waals surface area contributed by atoms with Gasteiger partial charge >= 0.3 is 0 Å². The molecule has 7 nitrogen and oxygen atoms in total. The molecule has 158 valence electrons. The van der Waals surface area contributed by atoms with Crippen molar-refractivity contribution in [3.05, 3.63) is 83.9 Å². The fraction of sp³-hybridized carbons (Fsp3) is 0.130. The molecule has 0 heterocycles. The van der Waals surface area contributed by atoms with Crippen molar-refractivity contribution >= 4 is 33.0 Å². The molecule has 3 aromatic rings. The zero-order chi connectivity index (χ0) is 22.4. The average Bonchev–Trinajstić information content (AvgIpc) is 2.75. The van der Waals surface area contributed by atoms with Crippen LogP contribution in [-0.2, 0) is 14.8 Å². The van der Waals surface area contributed by atoms with Crippen LogP contribution in [0.2, 0.25) is 0 Å². The smallest absolute Gasteiger partial charge is 0.261 e. The number of nitriles is 1. The minimum Gasteiger partial charge on any atom is -0.374 e. The van der Waals surface area contributed by atoms with Gasteiger partial charge in [0.1, 0.15) is 6.04 Å². The molecule has 3 rings (SSSR count). The van der Waals surface area contributed by atoms with Crippen molar-refractivity contribution in [3.8, 4) is 6.07 Å². The number of carbonyl (C=O) groups excluding carboxylic acids is 1. The molecular formula is C23H22N4O3S. The summed E-state index contributed by atoms with van der Waals surface area (Å²) in [6.45, 7) is 3.59. The van der Waals surface area contributed by atoms with Crippen molar-refractivity contribution in [2.24, 2.45) is 0 Å². The topological polar surface area (TPSA) is 111 Å². The molecule has 8 heteroatoms. The molecule has 31 heavy (non-hydrogen) atoms. The number of rotatable bonds is 7. The van der Waals surface area contributed by atoms with Crippen LogP contribution >= 0.6 is 0 Å². The van der Waals surface area contributed by atoms with Gasteiger partial charge in [-0.15, -0.1) is 0 Å². The lowest BCUT2D eigenvalue weighted by Crippen LogP contribution is -2.31. The number of hydrogen-bond donors (Lipinski definition) is 3. The maximum absolute atomic E-state index is 12.5. The summed E-state index contributed by atoms with van der Waals surface area (Å²) in [5, 5.41) is 14.8. The molecule has 3 N–H and O–H groups in total. The van der Waals surface area contributed by atoms with Gasteiger partial charge in [-0.2, -0.15) is 5.26 Å². The lowest BCUT2D eigenvalue weighted by Gasteiger charge is -2.16. The predicted octanol–water partition coefficient (Wildman–Crippen LogP) is 4.11. The van der Waals surface area contributed by atoms with E-state index in [9.17, 15) is 13.2 Å². The Morgan fingerprint density at radius 2 is 1.58 bits per heavy atom. The first-order valence-electron chi connectivity index (χ1n) is 9.54. The number of benzene rings is 3. The molecule has 0 saturated carbocycles. The lowest BCUT2D eigenvalue weighted by molar-refractivity contribution is -0.116. The Morgan fingerprint density at radius 3 is 2.23 bits per heavy atom. The number of nitrogens with zero attached hydrogens (tertiary/aromatic N) is 1. The lowest BCUT2D eigenvalue weighted by atomic mass is 10.2. The second-order valence-corrected chi connectivity index (χ2v) is 8.73. The summed E-state index contributed by atoms with van der Waals surface area (Å²) in [7, 11) is -3.68. The highest BCUT2D eigenvalue weighted by Crippen LogP contribution is 2.19. The Morgan fingerprint density at radius 1 is 0.935 bits per heavy atom. The maximum atomic E-state index is 12.5. The highest BCUT2D eigenvalue weighted by atomic mass is 32.2. The fourth-order valence-corrected chi connectivity index (χ4v) is 3.86. The summed E-state index contributed by atoms with van der Waals surface area (Å²) in [6.07, 6.45) is 0. The molecule has 0 unspecified atom stereocenters. The molecule has 1 amide bonds. The van der Waals surface area contributed by atoms with Gasteiger partial charge < -0.3 is 10.6 Å². The van der Waals surface area contributed by atoms with Crippen LogP contribution in [0.1, 0.15) is 18.1 Å². The predicted molar refractivity (Wildman–Crippen MR) is 121 cm³/mol. The van der Waals surface area contributed by atoms with Crippen LogP contribution in [0, 0.1) is 18.3 Å². The van der Waals surface area contributed by atoms with E-state index in [0.717, 1.165) is 5.56 Å². The maximum Gasteiger partial charge on any atom is 0.261 e. The van der Waals surface area contributed by atoms with E-state index in [2.05, 4.69) is 15.4 Å². The van der Waals surface area contributed by atoms with Gasteiger partial charge in [0.15, 0.2) is 0 Å². The third-order valence-electron chi connectivity index (χ3n) is 4.50. The molecule has 0 aliphatic rings. The molecule has 0 spiro atoms. The molecule has 0 fully saturated rings. The van der Waals surface area contributed by atoms with Crippen LogP contribution < -0.4 is 15.4 Å². The number of anilines is 3. The zero-order valence-corrected chi connectivity index (χ0v) is 17.9. The molecule has 0 saturated heterocycles. The van der Waals surface area contributed by atoms with Crippen molar-refractivity contribution in [1.29, 1.82) is 5.26 Å². The molecular weight excluding hydrogens is 412 g/mol. The standard InChI is InChI=1S/C23H22N4O3S/c1-16-6-12-22(13-7-16)31(29,30)27-20-10-8-19(9-11-20)25-17(2)23(28)26-21-5-3-4-18(14-21)15-24/h3-14,17,25,27H,1-2H3,(H,26,28)/t17-/m1/s1. The van der Waals surface area contributed by atoms with Crippen LogP contribution in [-0.4, -0.2) is 20.4 Å². The van der Waals surface area contributed by atoms with Gasteiger partial charge in [0, 0.05) is 17.1 Å². The van der Waals surface area contributed by atoms with Gasteiger partial charge in [-0.25, -0.2) is 8.42 Å². The van der Waals surface area contributed by atoms with Crippen molar-refractivity contribution in [1.82, 2.24) is 0 Å². The molecule has 0 aliphatic heterocycles. The van der Waals surface area contributed by atoms with Crippen LogP contribution in [0.3, 0.4) is 0 Å². The van der Waals surface area contributed by atoms with E-state index in [0.29, 0.717) is 22.6 Å². The Balaban J connectivity index is 1.61. The minimum atomic E-state index is -3.68. The van der Waals surface area contributed by atoms with Gasteiger partial charge in [-0.1, -0.05) is 23.8 Å². The van der Waals surface area contributed by atoms with Gasteiger partial charge in [0.25, 0.3) is 10.0 Å². The van der Waals surface area contributed by atoms with E-state index in [1.54, 1.807) is 79.7 Å². The zero-order valence-electron chi connectivity index (χ0n) is 17.1. The van der Waals surface area contributed by atoms with Crippen LogP contribution in [0.25, 0.3) is 0 Å². The molecule has 0 bridgehead atoms. The minimum absolute atomic E-state index is 0.186. The Hall–Kier alpha value is -3.83. The number of nitrogens with one attached hydrogen (secondary N) is 3. The molecule has 3 aromatic carbocycles. The Bertz CT molecular complexity index is 1210. The first-order chi connectivity index (χ1) is 14.8. The molecule has 0 radical (unpaired) electrons. The summed E-state index contributed by atoms with van der Waals surface area (Å²) >= 11 is 0. The summed E-state index contributed by atoms with van der Waals surface area (Å²) in [6, 6.07) is 21.3. The number of sulfonamides is 1. The summed E-state index contributed by atoms with van der Waals surface area (Å²) < 4.78 is 27.5. The average molecular weight is 435 g/mol.